The van der Waals surface area contributed by atoms with Crippen LogP contribution in [0.4, 0.5) is 11.4 Å². The molecule has 0 saturated heterocycles. The number of hydrogen-bond acceptors (Lipinski definition) is 6. The quantitative estimate of drug-likeness (QED) is 0.408. The van der Waals surface area contributed by atoms with Crippen molar-refractivity contribution in [2.75, 3.05) is 32.6 Å². The van der Waals surface area contributed by atoms with Crippen LogP contribution in [0, 0.1) is 0 Å². The topological polar surface area (TPSA) is 79.8 Å². The second kappa shape index (κ2) is 9.19. The summed E-state index contributed by atoms with van der Waals surface area (Å²) in [5.41, 5.74) is 1.95. The smallest absolute Gasteiger partial charge is 0.182 e. The molecule has 2 aromatic carbocycles. The molecule has 0 aliphatic heterocycles. The molecule has 2 aromatic rings. The fourth-order valence-corrected chi connectivity index (χ4v) is 3.73. The summed E-state index contributed by atoms with van der Waals surface area (Å²) >= 11 is 0. The fourth-order valence-electron chi connectivity index (χ4n) is 2.35. The summed E-state index contributed by atoms with van der Waals surface area (Å²) < 4.78 is 30.3. The predicted octanol–water partition coefficient (Wildman–Crippen LogP) is 2.60. The van der Waals surface area contributed by atoms with Crippen LogP contribution in [0.2, 0.25) is 0 Å². The molecular weight excluding hydrogens is 338 g/mol. The van der Waals surface area contributed by atoms with Gasteiger partial charge < -0.3 is 15.4 Å². The third-order valence-electron chi connectivity index (χ3n) is 3.55. The summed E-state index contributed by atoms with van der Waals surface area (Å²) in [6, 6.07) is 13.9. The van der Waals surface area contributed by atoms with Gasteiger partial charge in [-0.1, -0.05) is 30.3 Å². The Morgan fingerprint density at radius 3 is 2.52 bits per heavy atom. The summed E-state index contributed by atoms with van der Waals surface area (Å²) in [6.45, 7) is 1.47. The maximum Gasteiger partial charge on any atom is 0.182 e. The van der Waals surface area contributed by atoms with Gasteiger partial charge in [-0.05, 0) is 30.8 Å². The molecule has 0 aromatic heterocycles. The average Bonchev–Trinajstić information content (AvgIpc) is 2.62. The van der Waals surface area contributed by atoms with Gasteiger partial charge in [0.15, 0.2) is 16.2 Å². The van der Waals surface area contributed by atoms with Crippen molar-refractivity contribution in [3.63, 3.8) is 0 Å². The lowest BCUT2D eigenvalue weighted by atomic mass is 10.1. The highest BCUT2D eigenvalue weighted by Gasteiger charge is 2.18. The minimum atomic E-state index is -3.46. The number of nitrogens with one attached hydrogen (secondary N) is 2. The number of ether oxygens (including phenoxy) is 1. The summed E-state index contributed by atoms with van der Waals surface area (Å²) in [5, 5.41) is 6.32. The van der Waals surface area contributed by atoms with Crippen LogP contribution in [0.25, 0.3) is 0 Å². The number of nitrogens with zero attached hydrogens (tertiary/aromatic N) is 1. The van der Waals surface area contributed by atoms with E-state index >= 15 is 0 Å². The Labute approximate surface area is 148 Å². The molecule has 0 spiro atoms. The Morgan fingerprint density at radius 2 is 1.84 bits per heavy atom. The van der Waals surface area contributed by atoms with Crippen molar-refractivity contribution in [2.24, 2.45) is 4.99 Å². The van der Waals surface area contributed by atoms with Gasteiger partial charge >= 0.3 is 0 Å². The van der Waals surface area contributed by atoms with E-state index in [-0.39, 0.29) is 5.75 Å². The van der Waals surface area contributed by atoms with E-state index in [1.807, 2.05) is 19.2 Å². The van der Waals surface area contributed by atoms with Gasteiger partial charge in [0.1, 0.15) is 0 Å². The van der Waals surface area contributed by atoms with Gasteiger partial charge in [-0.3, -0.25) is 0 Å². The summed E-state index contributed by atoms with van der Waals surface area (Å²) in [6.07, 6.45) is 1.30. The first kappa shape index (κ1) is 19.0. The number of para-hydroxylation sites is 1. The van der Waals surface area contributed by atoms with Crippen LogP contribution in [0.1, 0.15) is 5.56 Å². The second-order valence-electron chi connectivity index (χ2n) is 5.39. The van der Waals surface area contributed by atoms with Gasteiger partial charge in [0.05, 0.1) is 29.1 Å². The van der Waals surface area contributed by atoms with Crippen molar-refractivity contribution in [2.45, 2.75) is 10.6 Å². The third kappa shape index (κ3) is 5.30. The van der Waals surface area contributed by atoms with Gasteiger partial charge in [-0.15, -0.1) is 0 Å². The summed E-state index contributed by atoms with van der Waals surface area (Å²) in [5.74, 6) is -0.130. The van der Waals surface area contributed by atoms with Crippen molar-refractivity contribution >= 4 is 27.6 Å². The highest BCUT2D eigenvalue weighted by atomic mass is 32.2. The largest absolute Gasteiger partial charge is 0.486 e. The lowest BCUT2D eigenvalue weighted by molar-refractivity contribution is 0.423. The molecule has 0 unspecified atom stereocenters. The van der Waals surface area contributed by atoms with Crippen LogP contribution in [-0.2, 0) is 20.3 Å². The first-order valence-corrected chi connectivity index (χ1v) is 9.57. The Bertz CT molecular complexity index is 806. The van der Waals surface area contributed by atoms with E-state index in [0.717, 1.165) is 12.2 Å². The zero-order valence-electron chi connectivity index (χ0n) is 14.4. The molecule has 0 radical (unpaired) electrons. The van der Waals surface area contributed by atoms with Crippen LogP contribution < -0.4 is 10.6 Å². The number of rotatable bonds is 9. The molecule has 0 fully saturated rings. The highest BCUT2D eigenvalue weighted by molar-refractivity contribution is 7.90. The van der Waals surface area contributed by atoms with Crippen molar-refractivity contribution in [3.05, 3.63) is 54.1 Å². The van der Waals surface area contributed by atoms with Gasteiger partial charge in [-0.25, -0.2) is 13.4 Å². The van der Waals surface area contributed by atoms with Gasteiger partial charge in [0, 0.05) is 13.1 Å². The van der Waals surface area contributed by atoms with Crippen LogP contribution in [-0.4, -0.2) is 42.1 Å². The standard InChI is InChI=1S/C18H23N3O3S/c1-19-11-12-20-17-10-6-7-15(18(17)21-14-24-2)13-25(22,23)16-8-4-3-5-9-16/h3-10,14,19-20H,11-13H2,1-2H3. The first-order valence-electron chi connectivity index (χ1n) is 7.92. The van der Waals surface area contributed by atoms with E-state index in [4.69, 9.17) is 4.74 Å². The molecule has 134 valence electrons. The number of hydrogen-bond donors (Lipinski definition) is 2. The van der Waals surface area contributed by atoms with Crippen molar-refractivity contribution < 1.29 is 13.2 Å². The molecule has 2 rings (SSSR count). The lowest BCUT2D eigenvalue weighted by Crippen LogP contribution is -2.18. The Kier molecular flexibility index (Phi) is 6.97. The monoisotopic (exact) mass is 361 g/mol. The van der Waals surface area contributed by atoms with Crippen LogP contribution in [0.3, 0.4) is 0 Å². The van der Waals surface area contributed by atoms with Crippen molar-refractivity contribution in [1.82, 2.24) is 5.32 Å². The van der Waals surface area contributed by atoms with Crippen LogP contribution in [0.15, 0.2) is 58.4 Å². The first-order chi connectivity index (χ1) is 12.1. The van der Waals surface area contributed by atoms with Crippen LogP contribution in [0.5, 0.6) is 0 Å². The van der Waals surface area contributed by atoms with E-state index < -0.39 is 9.84 Å². The van der Waals surface area contributed by atoms with E-state index in [1.165, 1.54) is 13.5 Å². The third-order valence-corrected chi connectivity index (χ3v) is 5.23. The predicted molar refractivity (Wildman–Crippen MR) is 101 cm³/mol. The Morgan fingerprint density at radius 1 is 1.08 bits per heavy atom. The lowest BCUT2D eigenvalue weighted by Gasteiger charge is -2.13. The summed E-state index contributed by atoms with van der Waals surface area (Å²) in [4.78, 5) is 4.58. The Balaban J connectivity index is 2.36. The number of benzene rings is 2. The highest BCUT2D eigenvalue weighted by Crippen LogP contribution is 2.31. The number of aliphatic imine (C=N–C) groups is 1. The molecule has 0 bridgehead atoms. The molecular formula is C18H23N3O3S. The molecule has 2 N–H and O–H groups in total. The number of methoxy groups -OCH3 is 1. The van der Waals surface area contributed by atoms with Crippen LogP contribution >= 0.6 is 0 Å². The fraction of sp³-hybridized carbons (Fsp3) is 0.278. The maximum atomic E-state index is 12.7. The average molecular weight is 361 g/mol. The number of likely N-dealkylation sites (N-methyl/N-ethyl adjacent to an activating group) is 1. The molecule has 0 aliphatic carbocycles. The molecule has 0 heterocycles. The molecule has 0 aliphatic rings. The normalized spacial score (nSPS) is 11.6. The van der Waals surface area contributed by atoms with E-state index in [9.17, 15) is 8.42 Å². The van der Waals surface area contributed by atoms with Gasteiger partial charge in [0.2, 0.25) is 0 Å². The molecule has 0 atom stereocenters. The van der Waals surface area contributed by atoms with Crippen molar-refractivity contribution in [3.8, 4) is 0 Å². The number of sulfone groups is 1. The van der Waals surface area contributed by atoms with Gasteiger partial charge in [0.25, 0.3) is 0 Å². The SMILES string of the molecule is CNCCNc1cccc(CS(=O)(=O)c2ccccc2)c1N=COC. The molecule has 0 saturated carbocycles. The minimum Gasteiger partial charge on any atom is -0.486 e. The number of anilines is 1. The second-order valence-corrected chi connectivity index (χ2v) is 7.38. The maximum absolute atomic E-state index is 12.7. The zero-order chi connectivity index (χ0) is 18.1. The van der Waals surface area contributed by atoms with E-state index in [0.29, 0.717) is 22.7 Å². The zero-order valence-corrected chi connectivity index (χ0v) is 15.2. The molecule has 7 heteroatoms. The van der Waals surface area contributed by atoms with E-state index in [1.54, 1.807) is 36.4 Å². The van der Waals surface area contributed by atoms with Crippen molar-refractivity contribution in [1.29, 1.82) is 0 Å². The molecule has 25 heavy (non-hydrogen) atoms. The van der Waals surface area contributed by atoms with Gasteiger partial charge in [-0.2, -0.15) is 0 Å². The molecule has 6 nitrogen and oxygen atoms in total. The molecule has 0 amide bonds. The Hall–Kier alpha value is -2.38. The summed E-state index contributed by atoms with van der Waals surface area (Å²) in [7, 11) is -0.0871. The van der Waals surface area contributed by atoms with E-state index in [2.05, 4.69) is 15.6 Å². The minimum absolute atomic E-state index is 0.130.